The number of anilines is 1. The Hall–Kier alpha value is -2.45. The molecule has 0 saturated heterocycles. The van der Waals surface area contributed by atoms with Crippen LogP contribution >= 0.6 is 11.3 Å². The van der Waals surface area contributed by atoms with Crippen molar-refractivity contribution in [2.24, 2.45) is 7.05 Å². The van der Waals surface area contributed by atoms with E-state index < -0.39 is 12.1 Å². The average Bonchev–Trinajstić information content (AvgIpc) is 3.21. The van der Waals surface area contributed by atoms with Crippen LogP contribution in [0.5, 0.6) is 0 Å². The molecule has 0 fully saturated rings. The predicted octanol–water partition coefficient (Wildman–Crippen LogP) is 2.66. The van der Waals surface area contributed by atoms with Gasteiger partial charge in [-0.25, -0.2) is 9.78 Å². The quantitative estimate of drug-likeness (QED) is 0.657. The average molecular weight is 360 g/mol. The molecule has 0 aliphatic carbocycles. The summed E-state index contributed by atoms with van der Waals surface area (Å²) < 4.78 is 6.80. The highest BCUT2D eigenvalue weighted by Gasteiger charge is 2.21. The number of nitrogens with zero attached hydrogens (tertiary/aromatic N) is 3. The number of hydrogen-bond donors (Lipinski definition) is 2. The minimum atomic E-state index is -0.679. The SMILES string of the molecule is CCOC(=O)c1cnc2c(c(C)nn2C)c1NCC(O)c1ccsc1. The van der Waals surface area contributed by atoms with Gasteiger partial charge in [0.15, 0.2) is 5.65 Å². The van der Waals surface area contributed by atoms with Gasteiger partial charge in [-0.15, -0.1) is 0 Å². The molecule has 3 heterocycles. The third kappa shape index (κ3) is 3.35. The van der Waals surface area contributed by atoms with Gasteiger partial charge in [-0.05, 0) is 36.2 Å². The molecule has 3 rings (SSSR count). The number of aliphatic hydroxyl groups is 1. The van der Waals surface area contributed by atoms with Crippen LogP contribution in [0.4, 0.5) is 5.69 Å². The first-order chi connectivity index (χ1) is 12.0. The van der Waals surface area contributed by atoms with E-state index >= 15 is 0 Å². The Balaban J connectivity index is 2.00. The zero-order valence-corrected chi connectivity index (χ0v) is 15.1. The number of ether oxygens (including phenoxy) is 1. The van der Waals surface area contributed by atoms with Crippen LogP contribution < -0.4 is 5.32 Å². The Kier molecular flexibility index (Phi) is 5.00. The highest BCUT2D eigenvalue weighted by atomic mass is 32.1. The third-order valence-corrected chi connectivity index (χ3v) is 4.62. The van der Waals surface area contributed by atoms with Crippen molar-refractivity contribution in [3.05, 3.63) is 39.8 Å². The molecule has 1 unspecified atom stereocenters. The van der Waals surface area contributed by atoms with E-state index in [1.54, 1.807) is 18.7 Å². The van der Waals surface area contributed by atoms with Crippen molar-refractivity contribution in [3.63, 3.8) is 0 Å². The molecule has 0 amide bonds. The molecule has 8 heteroatoms. The Morgan fingerprint density at radius 1 is 1.52 bits per heavy atom. The van der Waals surface area contributed by atoms with Gasteiger partial charge in [0.05, 0.1) is 29.5 Å². The molecule has 0 radical (unpaired) electrons. The standard InChI is InChI=1S/C17H20N4O3S/c1-4-24-17(23)12-7-19-16-14(10(2)20-21(16)3)15(12)18-8-13(22)11-5-6-25-9-11/h5-7,9,13,22H,4,8H2,1-3H3,(H,18,19). The van der Waals surface area contributed by atoms with Crippen LogP contribution in [0.25, 0.3) is 11.0 Å². The van der Waals surface area contributed by atoms with Gasteiger partial charge in [-0.3, -0.25) is 4.68 Å². The number of nitrogens with one attached hydrogen (secondary N) is 1. The Bertz CT molecular complexity index is 889. The lowest BCUT2D eigenvalue weighted by Gasteiger charge is -2.15. The normalized spacial score (nSPS) is 12.3. The lowest BCUT2D eigenvalue weighted by Crippen LogP contribution is -2.16. The van der Waals surface area contributed by atoms with E-state index in [0.717, 1.165) is 16.6 Å². The molecule has 2 N–H and O–H groups in total. The number of aromatic nitrogens is 3. The molecule has 3 aromatic heterocycles. The monoisotopic (exact) mass is 360 g/mol. The molecule has 0 spiro atoms. The lowest BCUT2D eigenvalue weighted by atomic mass is 10.1. The molecular formula is C17H20N4O3S. The number of rotatable bonds is 6. The maximum absolute atomic E-state index is 12.3. The molecule has 1 atom stereocenters. The molecule has 0 aliphatic rings. The first kappa shape index (κ1) is 17.4. The fourth-order valence-electron chi connectivity index (χ4n) is 2.74. The van der Waals surface area contributed by atoms with Crippen LogP contribution in [0.15, 0.2) is 23.0 Å². The van der Waals surface area contributed by atoms with Crippen LogP contribution in [0.1, 0.15) is 34.6 Å². The second-order valence-corrected chi connectivity index (χ2v) is 6.41. The van der Waals surface area contributed by atoms with Crippen LogP contribution in [0.2, 0.25) is 0 Å². The van der Waals surface area contributed by atoms with Crippen molar-refractivity contribution in [2.45, 2.75) is 20.0 Å². The van der Waals surface area contributed by atoms with Gasteiger partial charge in [0, 0.05) is 19.8 Å². The number of carbonyl (C=O) groups is 1. The highest BCUT2D eigenvalue weighted by Crippen LogP contribution is 2.30. The zero-order chi connectivity index (χ0) is 18.0. The van der Waals surface area contributed by atoms with Crippen molar-refractivity contribution in [1.82, 2.24) is 14.8 Å². The van der Waals surface area contributed by atoms with Crippen LogP contribution in [0, 0.1) is 6.92 Å². The fraction of sp³-hybridized carbons (Fsp3) is 0.353. The van der Waals surface area contributed by atoms with Gasteiger partial charge in [-0.2, -0.15) is 16.4 Å². The highest BCUT2D eigenvalue weighted by molar-refractivity contribution is 7.07. The number of fused-ring (bicyclic) bond motifs is 1. The summed E-state index contributed by atoms with van der Waals surface area (Å²) in [6.45, 7) is 4.16. The molecule has 0 bridgehead atoms. The van der Waals surface area contributed by atoms with E-state index in [9.17, 15) is 9.90 Å². The van der Waals surface area contributed by atoms with Crippen molar-refractivity contribution in [1.29, 1.82) is 0 Å². The van der Waals surface area contributed by atoms with E-state index in [2.05, 4.69) is 15.4 Å². The van der Waals surface area contributed by atoms with Crippen LogP contribution in [0.3, 0.4) is 0 Å². The van der Waals surface area contributed by atoms with E-state index in [0.29, 0.717) is 16.9 Å². The number of hydrogen-bond acceptors (Lipinski definition) is 7. The zero-order valence-electron chi connectivity index (χ0n) is 14.3. The number of carbonyl (C=O) groups excluding carboxylic acids is 1. The molecular weight excluding hydrogens is 340 g/mol. The summed E-state index contributed by atoms with van der Waals surface area (Å²) in [5.74, 6) is -0.451. The molecule has 0 saturated carbocycles. The Labute approximate surface area is 149 Å². The van der Waals surface area contributed by atoms with Crippen molar-refractivity contribution >= 4 is 34.0 Å². The number of aliphatic hydroxyl groups excluding tert-OH is 1. The van der Waals surface area contributed by atoms with Gasteiger partial charge < -0.3 is 15.2 Å². The summed E-state index contributed by atoms with van der Waals surface area (Å²) in [7, 11) is 1.80. The molecule has 7 nitrogen and oxygen atoms in total. The van der Waals surface area contributed by atoms with E-state index in [-0.39, 0.29) is 13.2 Å². The summed E-state index contributed by atoms with van der Waals surface area (Å²) in [6.07, 6.45) is 0.808. The largest absolute Gasteiger partial charge is 0.462 e. The summed E-state index contributed by atoms with van der Waals surface area (Å²) in [4.78, 5) is 16.7. The van der Waals surface area contributed by atoms with Crippen molar-refractivity contribution < 1.29 is 14.6 Å². The smallest absolute Gasteiger partial charge is 0.341 e. The van der Waals surface area contributed by atoms with E-state index in [4.69, 9.17) is 4.74 Å². The third-order valence-electron chi connectivity index (χ3n) is 3.92. The van der Waals surface area contributed by atoms with Crippen LogP contribution in [-0.4, -0.2) is 39.0 Å². The Morgan fingerprint density at radius 3 is 3.00 bits per heavy atom. The first-order valence-corrected chi connectivity index (χ1v) is 8.90. The maximum atomic E-state index is 12.3. The molecule has 0 aromatic carbocycles. The number of esters is 1. The summed E-state index contributed by atoms with van der Waals surface area (Å²) in [5, 5.41) is 22.5. The number of pyridine rings is 1. The van der Waals surface area contributed by atoms with E-state index in [1.165, 1.54) is 17.5 Å². The molecule has 0 aliphatic heterocycles. The summed E-state index contributed by atoms with van der Waals surface area (Å²) >= 11 is 1.53. The second kappa shape index (κ2) is 7.20. The summed E-state index contributed by atoms with van der Waals surface area (Å²) in [5.41, 5.74) is 3.18. The van der Waals surface area contributed by atoms with Crippen molar-refractivity contribution in [2.75, 3.05) is 18.5 Å². The van der Waals surface area contributed by atoms with Crippen molar-refractivity contribution in [3.8, 4) is 0 Å². The topological polar surface area (TPSA) is 89.3 Å². The minimum absolute atomic E-state index is 0.261. The molecule has 25 heavy (non-hydrogen) atoms. The van der Waals surface area contributed by atoms with Gasteiger partial charge in [0.1, 0.15) is 5.56 Å². The van der Waals surface area contributed by atoms with Crippen LogP contribution in [-0.2, 0) is 11.8 Å². The number of aryl methyl sites for hydroxylation is 2. The lowest BCUT2D eigenvalue weighted by molar-refractivity contribution is 0.0527. The van der Waals surface area contributed by atoms with Gasteiger partial charge in [0.25, 0.3) is 0 Å². The molecule has 3 aromatic rings. The van der Waals surface area contributed by atoms with Gasteiger partial charge >= 0.3 is 5.97 Å². The Morgan fingerprint density at radius 2 is 2.32 bits per heavy atom. The number of thiophene rings is 1. The second-order valence-electron chi connectivity index (χ2n) is 5.63. The predicted molar refractivity (Wildman–Crippen MR) is 97.0 cm³/mol. The van der Waals surface area contributed by atoms with E-state index in [1.807, 2.05) is 23.8 Å². The minimum Gasteiger partial charge on any atom is -0.462 e. The first-order valence-electron chi connectivity index (χ1n) is 7.96. The van der Waals surface area contributed by atoms with Gasteiger partial charge in [-0.1, -0.05) is 0 Å². The summed E-state index contributed by atoms with van der Waals surface area (Å²) in [6, 6.07) is 1.88. The fourth-order valence-corrected chi connectivity index (χ4v) is 3.45. The van der Waals surface area contributed by atoms with Gasteiger partial charge in [0.2, 0.25) is 0 Å². The molecule has 132 valence electrons. The maximum Gasteiger partial charge on any atom is 0.341 e.